The van der Waals surface area contributed by atoms with Crippen molar-refractivity contribution in [1.82, 2.24) is 5.32 Å². The summed E-state index contributed by atoms with van der Waals surface area (Å²) in [5.41, 5.74) is 1.43. The fraction of sp³-hybridized carbons (Fsp3) is 0.647. The largest absolute Gasteiger partial charge is 0.493 e. The molecule has 2 atom stereocenters. The van der Waals surface area contributed by atoms with Crippen molar-refractivity contribution in [2.45, 2.75) is 51.0 Å². The Morgan fingerprint density at radius 1 is 1.26 bits per heavy atom. The van der Waals surface area contributed by atoms with E-state index in [1.54, 1.807) is 0 Å². The van der Waals surface area contributed by atoms with Gasteiger partial charge in [-0.05, 0) is 62.1 Å². The molecule has 2 unspecified atom stereocenters. The third-order valence-electron chi connectivity index (χ3n) is 4.47. The van der Waals surface area contributed by atoms with Gasteiger partial charge in [0.2, 0.25) is 0 Å². The average molecular weight is 259 g/mol. The number of fused-ring (bicyclic) bond motifs is 1. The molecule has 2 heteroatoms. The van der Waals surface area contributed by atoms with Crippen molar-refractivity contribution >= 4 is 0 Å². The minimum Gasteiger partial charge on any atom is -0.493 e. The summed E-state index contributed by atoms with van der Waals surface area (Å²) in [7, 11) is 0. The predicted molar refractivity (Wildman–Crippen MR) is 78.7 cm³/mol. The van der Waals surface area contributed by atoms with Gasteiger partial charge in [-0.15, -0.1) is 0 Å². The second-order valence-electron chi connectivity index (χ2n) is 6.01. The molecule has 3 rings (SSSR count). The van der Waals surface area contributed by atoms with Crippen LogP contribution in [0.3, 0.4) is 0 Å². The predicted octanol–water partition coefficient (Wildman–Crippen LogP) is 3.72. The number of benzene rings is 1. The molecule has 0 bridgehead atoms. The Kier molecular flexibility index (Phi) is 4.07. The molecule has 104 valence electrons. The molecule has 1 heterocycles. The van der Waals surface area contributed by atoms with E-state index in [1.165, 1.54) is 37.7 Å². The smallest absolute Gasteiger partial charge is 0.122 e. The first-order valence-corrected chi connectivity index (χ1v) is 7.83. The lowest BCUT2D eigenvalue weighted by Crippen LogP contribution is -2.34. The number of rotatable bonds is 6. The Morgan fingerprint density at radius 3 is 2.89 bits per heavy atom. The normalized spacial score (nSPS) is 23.5. The summed E-state index contributed by atoms with van der Waals surface area (Å²) in [6.07, 6.45) is 6.53. The molecule has 0 saturated heterocycles. The minimum absolute atomic E-state index is 0.680. The average Bonchev–Trinajstić information content (AvgIpc) is 3.28. The van der Waals surface area contributed by atoms with E-state index in [4.69, 9.17) is 4.74 Å². The van der Waals surface area contributed by atoms with Crippen molar-refractivity contribution in [3.05, 3.63) is 29.8 Å². The third-order valence-corrected chi connectivity index (χ3v) is 4.47. The van der Waals surface area contributed by atoms with E-state index in [1.807, 2.05) is 0 Å². The van der Waals surface area contributed by atoms with E-state index in [0.717, 1.165) is 30.9 Å². The fourth-order valence-corrected chi connectivity index (χ4v) is 3.24. The molecule has 1 N–H and O–H groups in total. The molecular formula is C17H25NO. The van der Waals surface area contributed by atoms with E-state index < -0.39 is 0 Å². The summed E-state index contributed by atoms with van der Waals surface area (Å²) in [5, 5.41) is 3.77. The molecule has 1 aliphatic heterocycles. The lowest BCUT2D eigenvalue weighted by Gasteiger charge is -2.29. The van der Waals surface area contributed by atoms with Crippen LogP contribution >= 0.6 is 0 Å². The highest BCUT2D eigenvalue weighted by Gasteiger charge is 2.33. The van der Waals surface area contributed by atoms with Crippen molar-refractivity contribution in [3.63, 3.8) is 0 Å². The first-order valence-electron chi connectivity index (χ1n) is 7.83. The molecular weight excluding hydrogens is 234 g/mol. The van der Waals surface area contributed by atoms with Gasteiger partial charge in [-0.25, -0.2) is 0 Å². The number of nitrogens with one attached hydrogen (secondary N) is 1. The molecule has 1 fully saturated rings. The zero-order chi connectivity index (χ0) is 13.1. The minimum atomic E-state index is 0.680. The van der Waals surface area contributed by atoms with Crippen LogP contribution in [0.5, 0.6) is 5.75 Å². The van der Waals surface area contributed by atoms with Crippen LogP contribution in [0, 0.1) is 5.92 Å². The second-order valence-corrected chi connectivity index (χ2v) is 6.01. The number of hydrogen-bond acceptors (Lipinski definition) is 2. The van der Waals surface area contributed by atoms with Gasteiger partial charge in [-0.1, -0.05) is 25.1 Å². The molecule has 0 aromatic heterocycles. The van der Waals surface area contributed by atoms with Gasteiger partial charge in [0, 0.05) is 6.04 Å². The first-order chi connectivity index (χ1) is 9.38. The highest BCUT2D eigenvalue weighted by Crippen LogP contribution is 2.41. The number of para-hydroxylation sites is 1. The van der Waals surface area contributed by atoms with E-state index >= 15 is 0 Å². The van der Waals surface area contributed by atoms with E-state index in [2.05, 4.69) is 36.5 Å². The molecule has 0 amide bonds. The zero-order valence-electron chi connectivity index (χ0n) is 11.9. The van der Waals surface area contributed by atoms with E-state index in [9.17, 15) is 0 Å². The highest BCUT2D eigenvalue weighted by molar-refractivity contribution is 5.37. The second kappa shape index (κ2) is 5.96. The fourth-order valence-electron chi connectivity index (χ4n) is 3.24. The molecule has 2 nitrogen and oxygen atoms in total. The standard InChI is InChI=1S/C17H25NO/c1-2-10-18-16(13-7-8-13)12-14-9-11-19-17-6-4-3-5-15(14)17/h3-6,13-14,16,18H,2,7-12H2,1H3. The molecule has 2 aliphatic rings. The van der Waals surface area contributed by atoms with Crippen LogP contribution in [0.1, 0.15) is 50.5 Å². The van der Waals surface area contributed by atoms with Gasteiger partial charge >= 0.3 is 0 Å². The summed E-state index contributed by atoms with van der Waals surface area (Å²) in [6, 6.07) is 9.31. The Bertz CT molecular complexity index is 413. The summed E-state index contributed by atoms with van der Waals surface area (Å²) in [6.45, 7) is 4.29. The highest BCUT2D eigenvalue weighted by atomic mass is 16.5. The summed E-state index contributed by atoms with van der Waals surface area (Å²) in [4.78, 5) is 0. The summed E-state index contributed by atoms with van der Waals surface area (Å²) in [5.74, 6) is 2.73. The van der Waals surface area contributed by atoms with Gasteiger partial charge in [0.1, 0.15) is 5.75 Å². The van der Waals surface area contributed by atoms with Crippen molar-refractivity contribution in [2.24, 2.45) is 5.92 Å². The zero-order valence-corrected chi connectivity index (χ0v) is 11.9. The molecule has 1 aliphatic carbocycles. The maximum absolute atomic E-state index is 5.77. The summed E-state index contributed by atoms with van der Waals surface area (Å²) >= 11 is 0. The Morgan fingerprint density at radius 2 is 2.11 bits per heavy atom. The monoisotopic (exact) mass is 259 g/mol. The first kappa shape index (κ1) is 13.0. The van der Waals surface area contributed by atoms with Gasteiger partial charge < -0.3 is 10.1 Å². The molecule has 0 radical (unpaired) electrons. The Labute approximate surface area is 116 Å². The van der Waals surface area contributed by atoms with Crippen LogP contribution in [0.25, 0.3) is 0 Å². The molecule has 1 aromatic carbocycles. The van der Waals surface area contributed by atoms with Gasteiger partial charge in [0.15, 0.2) is 0 Å². The number of ether oxygens (including phenoxy) is 1. The quantitative estimate of drug-likeness (QED) is 0.840. The van der Waals surface area contributed by atoms with E-state index in [-0.39, 0.29) is 0 Å². The molecule has 1 saturated carbocycles. The van der Waals surface area contributed by atoms with Crippen LogP contribution in [0.2, 0.25) is 0 Å². The molecule has 19 heavy (non-hydrogen) atoms. The Balaban J connectivity index is 1.68. The SMILES string of the molecule is CCCNC(CC1CCOc2ccccc21)C1CC1. The van der Waals surface area contributed by atoms with Crippen LogP contribution < -0.4 is 10.1 Å². The lowest BCUT2D eigenvalue weighted by atomic mass is 9.86. The topological polar surface area (TPSA) is 21.3 Å². The van der Waals surface area contributed by atoms with Gasteiger partial charge in [-0.3, -0.25) is 0 Å². The molecule has 1 aromatic rings. The summed E-state index contributed by atoms with van der Waals surface area (Å²) < 4.78 is 5.77. The van der Waals surface area contributed by atoms with Crippen LogP contribution in [0.15, 0.2) is 24.3 Å². The number of hydrogen-bond donors (Lipinski definition) is 1. The van der Waals surface area contributed by atoms with Gasteiger partial charge in [0.05, 0.1) is 6.61 Å². The van der Waals surface area contributed by atoms with Gasteiger partial charge in [0.25, 0.3) is 0 Å². The van der Waals surface area contributed by atoms with Gasteiger partial charge in [-0.2, -0.15) is 0 Å². The molecule has 0 spiro atoms. The van der Waals surface area contributed by atoms with Crippen molar-refractivity contribution in [3.8, 4) is 5.75 Å². The lowest BCUT2D eigenvalue weighted by molar-refractivity contribution is 0.251. The maximum Gasteiger partial charge on any atom is 0.122 e. The van der Waals surface area contributed by atoms with Crippen molar-refractivity contribution in [1.29, 1.82) is 0 Å². The van der Waals surface area contributed by atoms with E-state index in [0.29, 0.717) is 5.92 Å². The van der Waals surface area contributed by atoms with Crippen molar-refractivity contribution in [2.75, 3.05) is 13.2 Å². The van der Waals surface area contributed by atoms with Crippen LogP contribution in [0.4, 0.5) is 0 Å². The maximum atomic E-state index is 5.77. The van der Waals surface area contributed by atoms with Crippen LogP contribution in [-0.4, -0.2) is 19.2 Å². The van der Waals surface area contributed by atoms with Crippen LogP contribution in [-0.2, 0) is 0 Å². The third kappa shape index (κ3) is 3.11. The van der Waals surface area contributed by atoms with Crippen molar-refractivity contribution < 1.29 is 4.74 Å². The Hall–Kier alpha value is -1.02.